The van der Waals surface area contributed by atoms with Gasteiger partial charge in [-0.1, -0.05) is 74.7 Å². The summed E-state index contributed by atoms with van der Waals surface area (Å²) in [6.45, 7) is 3.33. The molecule has 0 unspecified atom stereocenters. The van der Waals surface area contributed by atoms with Crippen molar-refractivity contribution >= 4 is 28.9 Å². The van der Waals surface area contributed by atoms with Crippen LogP contribution in [0.3, 0.4) is 0 Å². The van der Waals surface area contributed by atoms with Gasteiger partial charge in [-0.3, -0.25) is 10.1 Å². The van der Waals surface area contributed by atoms with Gasteiger partial charge in [-0.05, 0) is 48.5 Å². The fourth-order valence-corrected chi connectivity index (χ4v) is 3.63. The quantitative estimate of drug-likeness (QED) is 0.234. The number of hydrogen-bond donors (Lipinski definition) is 2. The summed E-state index contributed by atoms with van der Waals surface area (Å²) < 4.78 is 11.7. The zero-order valence-corrected chi connectivity index (χ0v) is 20.4. The monoisotopic (exact) mass is 476 g/mol. The van der Waals surface area contributed by atoms with Crippen LogP contribution in [0.4, 0.5) is 5.69 Å². The standard InChI is InChI=1S/C28H32N2O3S/c1-2-3-4-10-19-33-26-17-9-8-16-25(26)27(31)30-28(34)29-23-14-11-15-24(21-23)32-20-18-22-12-6-5-7-13-22/h5-9,11-17,21H,2-4,10,18-20H2,1H3,(H2,29,30,31,34). The minimum Gasteiger partial charge on any atom is -0.493 e. The van der Waals surface area contributed by atoms with Gasteiger partial charge in [0.25, 0.3) is 5.91 Å². The lowest BCUT2D eigenvalue weighted by atomic mass is 10.2. The first-order chi connectivity index (χ1) is 16.7. The van der Waals surface area contributed by atoms with E-state index in [1.807, 2.05) is 60.7 Å². The van der Waals surface area contributed by atoms with Crippen molar-refractivity contribution in [1.29, 1.82) is 0 Å². The van der Waals surface area contributed by atoms with Gasteiger partial charge >= 0.3 is 0 Å². The molecule has 0 aliphatic heterocycles. The molecule has 0 saturated carbocycles. The normalized spacial score (nSPS) is 10.4. The Morgan fingerprint density at radius 3 is 2.47 bits per heavy atom. The molecule has 0 heterocycles. The average molecular weight is 477 g/mol. The maximum Gasteiger partial charge on any atom is 0.261 e. The van der Waals surface area contributed by atoms with Crippen LogP contribution in [-0.4, -0.2) is 24.2 Å². The number of unbranched alkanes of at least 4 members (excludes halogenated alkanes) is 3. The van der Waals surface area contributed by atoms with Crippen molar-refractivity contribution in [3.05, 3.63) is 90.0 Å². The van der Waals surface area contributed by atoms with Crippen molar-refractivity contribution in [3.8, 4) is 11.5 Å². The number of benzene rings is 3. The minimum atomic E-state index is -0.308. The van der Waals surface area contributed by atoms with E-state index in [4.69, 9.17) is 21.7 Å². The van der Waals surface area contributed by atoms with E-state index < -0.39 is 0 Å². The molecule has 0 bridgehead atoms. The van der Waals surface area contributed by atoms with E-state index in [9.17, 15) is 4.79 Å². The van der Waals surface area contributed by atoms with Crippen LogP contribution in [0.5, 0.6) is 11.5 Å². The summed E-state index contributed by atoms with van der Waals surface area (Å²) in [4.78, 5) is 12.8. The van der Waals surface area contributed by atoms with Crippen LogP contribution < -0.4 is 20.1 Å². The summed E-state index contributed by atoms with van der Waals surface area (Å²) in [5.74, 6) is 0.988. The third-order valence-electron chi connectivity index (χ3n) is 5.21. The van der Waals surface area contributed by atoms with Gasteiger partial charge in [0.2, 0.25) is 0 Å². The van der Waals surface area contributed by atoms with Crippen LogP contribution >= 0.6 is 12.2 Å². The van der Waals surface area contributed by atoms with Gasteiger partial charge in [0.1, 0.15) is 11.5 Å². The molecule has 1 amide bonds. The van der Waals surface area contributed by atoms with Crippen LogP contribution in [0, 0.1) is 0 Å². The van der Waals surface area contributed by atoms with Gasteiger partial charge < -0.3 is 14.8 Å². The van der Waals surface area contributed by atoms with E-state index in [1.54, 1.807) is 6.07 Å². The molecule has 34 heavy (non-hydrogen) atoms. The third kappa shape index (κ3) is 8.52. The lowest BCUT2D eigenvalue weighted by molar-refractivity contribution is 0.0973. The SMILES string of the molecule is CCCCCCOc1ccccc1C(=O)NC(=S)Nc1cccc(OCCc2ccccc2)c1. The molecule has 0 spiro atoms. The van der Waals surface area contributed by atoms with Crippen molar-refractivity contribution in [3.63, 3.8) is 0 Å². The molecule has 0 fully saturated rings. The summed E-state index contributed by atoms with van der Waals surface area (Å²) in [5.41, 5.74) is 2.42. The van der Waals surface area contributed by atoms with E-state index in [2.05, 4.69) is 29.7 Å². The molecule has 0 aromatic heterocycles. The molecule has 5 nitrogen and oxygen atoms in total. The number of thiocarbonyl (C=S) groups is 1. The molecule has 0 saturated heterocycles. The van der Waals surface area contributed by atoms with Crippen LogP contribution in [0.25, 0.3) is 0 Å². The Morgan fingerprint density at radius 2 is 1.65 bits per heavy atom. The molecule has 2 N–H and O–H groups in total. The first-order valence-electron chi connectivity index (χ1n) is 11.8. The molecule has 3 aromatic carbocycles. The van der Waals surface area contributed by atoms with E-state index in [-0.39, 0.29) is 11.0 Å². The third-order valence-corrected chi connectivity index (χ3v) is 5.41. The Labute approximate surface area is 207 Å². The molecule has 0 atom stereocenters. The number of carbonyl (C=O) groups excluding carboxylic acids is 1. The number of amides is 1. The number of carbonyl (C=O) groups is 1. The van der Waals surface area contributed by atoms with Crippen molar-refractivity contribution in [1.82, 2.24) is 5.32 Å². The van der Waals surface area contributed by atoms with E-state index >= 15 is 0 Å². The van der Waals surface area contributed by atoms with Gasteiger partial charge in [-0.25, -0.2) is 0 Å². The smallest absolute Gasteiger partial charge is 0.261 e. The van der Waals surface area contributed by atoms with Crippen LogP contribution in [0.15, 0.2) is 78.9 Å². The predicted molar refractivity (Wildman–Crippen MR) is 142 cm³/mol. The fraction of sp³-hybridized carbons (Fsp3) is 0.286. The lowest BCUT2D eigenvalue weighted by Crippen LogP contribution is -2.34. The average Bonchev–Trinajstić information content (AvgIpc) is 2.85. The Hall–Kier alpha value is -3.38. The second kappa shape index (κ2) is 14.0. The largest absolute Gasteiger partial charge is 0.493 e. The highest BCUT2D eigenvalue weighted by atomic mass is 32.1. The highest BCUT2D eigenvalue weighted by Gasteiger charge is 2.14. The molecule has 6 heteroatoms. The zero-order valence-electron chi connectivity index (χ0n) is 19.6. The summed E-state index contributed by atoms with van der Waals surface area (Å²) >= 11 is 5.36. The molecule has 0 radical (unpaired) electrons. The first kappa shape index (κ1) is 25.2. The number of para-hydroxylation sites is 1. The first-order valence-corrected chi connectivity index (χ1v) is 12.2. The van der Waals surface area contributed by atoms with Crippen molar-refractivity contribution < 1.29 is 14.3 Å². The van der Waals surface area contributed by atoms with Crippen molar-refractivity contribution in [2.75, 3.05) is 18.5 Å². The topological polar surface area (TPSA) is 59.6 Å². The van der Waals surface area contributed by atoms with Crippen LogP contribution in [-0.2, 0) is 6.42 Å². The molecule has 178 valence electrons. The lowest BCUT2D eigenvalue weighted by Gasteiger charge is -2.14. The fourth-order valence-electron chi connectivity index (χ4n) is 3.42. The Bertz CT molecular complexity index is 1060. The minimum absolute atomic E-state index is 0.212. The number of ether oxygens (including phenoxy) is 2. The molecule has 0 aliphatic carbocycles. The number of anilines is 1. The number of rotatable bonds is 12. The van der Waals surface area contributed by atoms with Gasteiger partial charge in [0, 0.05) is 18.2 Å². The zero-order chi connectivity index (χ0) is 24.0. The summed E-state index contributed by atoms with van der Waals surface area (Å²) in [7, 11) is 0. The second-order valence-electron chi connectivity index (χ2n) is 7.93. The molecule has 3 rings (SSSR count). The number of nitrogens with one attached hydrogen (secondary N) is 2. The Balaban J connectivity index is 1.49. The summed E-state index contributed by atoms with van der Waals surface area (Å²) in [6.07, 6.45) is 5.27. The molecule has 3 aromatic rings. The van der Waals surface area contributed by atoms with Crippen molar-refractivity contribution in [2.45, 2.75) is 39.0 Å². The second-order valence-corrected chi connectivity index (χ2v) is 8.33. The highest BCUT2D eigenvalue weighted by molar-refractivity contribution is 7.80. The highest BCUT2D eigenvalue weighted by Crippen LogP contribution is 2.20. The number of hydrogen-bond acceptors (Lipinski definition) is 4. The van der Waals surface area contributed by atoms with E-state index in [1.165, 1.54) is 18.4 Å². The van der Waals surface area contributed by atoms with Gasteiger partial charge in [0.05, 0.1) is 18.8 Å². The Kier molecular flexibility index (Phi) is 10.4. The van der Waals surface area contributed by atoms with E-state index in [0.717, 1.165) is 30.7 Å². The maximum absolute atomic E-state index is 12.8. The van der Waals surface area contributed by atoms with Crippen LogP contribution in [0.1, 0.15) is 48.5 Å². The van der Waals surface area contributed by atoms with Crippen molar-refractivity contribution in [2.24, 2.45) is 0 Å². The van der Waals surface area contributed by atoms with Crippen LogP contribution in [0.2, 0.25) is 0 Å². The van der Waals surface area contributed by atoms with Gasteiger partial charge in [-0.15, -0.1) is 0 Å². The molecule has 0 aliphatic rings. The summed E-state index contributed by atoms with van der Waals surface area (Å²) in [6, 6.07) is 24.9. The predicted octanol–water partition coefficient (Wildman–Crippen LogP) is 6.39. The maximum atomic E-state index is 12.8. The van der Waals surface area contributed by atoms with Gasteiger partial charge in [-0.2, -0.15) is 0 Å². The van der Waals surface area contributed by atoms with Gasteiger partial charge in [0.15, 0.2) is 5.11 Å². The molecular formula is C28H32N2O3S. The molecular weight excluding hydrogens is 444 g/mol. The Morgan fingerprint density at radius 1 is 0.853 bits per heavy atom. The van der Waals surface area contributed by atoms with E-state index in [0.29, 0.717) is 24.5 Å². The summed E-state index contributed by atoms with van der Waals surface area (Å²) in [5, 5.41) is 6.01.